The number of rotatable bonds is 7. The van der Waals surface area contributed by atoms with Gasteiger partial charge in [-0.3, -0.25) is 0 Å². The molecule has 1 N–H and O–H groups in total. The molecule has 0 aliphatic carbocycles. The molecule has 42 heavy (non-hydrogen) atoms. The molecule has 0 saturated heterocycles. The molecule has 0 radical (unpaired) electrons. The van der Waals surface area contributed by atoms with E-state index >= 15 is 0 Å². The molecular formula is C37H34N2O3. The van der Waals surface area contributed by atoms with Crippen molar-refractivity contribution in [1.29, 1.82) is 0 Å². The molecule has 1 aliphatic rings. The molecule has 4 aromatic carbocycles. The topological polar surface area (TPSA) is 58.7 Å². The number of fused-ring (bicyclic) bond motifs is 6. The number of aromatic nitrogens is 1. The van der Waals surface area contributed by atoms with E-state index in [9.17, 15) is 5.11 Å². The lowest BCUT2D eigenvalue weighted by Crippen LogP contribution is -2.36. The molecular weight excluding hydrogens is 520 g/mol. The molecule has 2 bridgehead atoms. The second-order valence-electron chi connectivity index (χ2n) is 11.6. The van der Waals surface area contributed by atoms with Gasteiger partial charge in [0.2, 0.25) is 5.88 Å². The molecule has 0 spiro atoms. The molecule has 2 unspecified atom stereocenters. The molecule has 0 amide bonds. The van der Waals surface area contributed by atoms with E-state index < -0.39 is 11.5 Å². The van der Waals surface area contributed by atoms with Gasteiger partial charge in [-0.15, -0.1) is 0 Å². The highest BCUT2D eigenvalue weighted by Crippen LogP contribution is 2.52. The van der Waals surface area contributed by atoms with E-state index in [-0.39, 0.29) is 0 Å². The molecule has 3 heterocycles. The van der Waals surface area contributed by atoms with Gasteiger partial charge < -0.3 is 19.2 Å². The van der Waals surface area contributed by atoms with Crippen molar-refractivity contribution in [2.75, 3.05) is 20.6 Å². The molecule has 5 heteroatoms. The molecule has 7 rings (SSSR count). The minimum Gasteiger partial charge on any atom is -0.464 e. The largest absolute Gasteiger partial charge is 0.464 e. The maximum atomic E-state index is 13.1. The van der Waals surface area contributed by atoms with Gasteiger partial charge >= 0.3 is 0 Å². The first kappa shape index (κ1) is 26.4. The highest BCUT2D eigenvalue weighted by Gasteiger charge is 2.43. The summed E-state index contributed by atoms with van der Waals surface area (Å²) >= 11 is 0. The third-order valence-corrected chi connectivity index (χ3v) is 8.48. The molecule has 0 fully saturated rings. The van der Waals surface area contributed by atoms with Crippen LogP contribution in [0.3, 0.4) is 0 Å². The number of aliphatic hydroxyl groups is 1. The second kappa shape index (κ2) is 10.8. The van der Waals surface area contributed by atoms with E-state index in [0.29, 0.717) is 18.1 Å². The van der Waals surface area contributed by atoms with Crippen LogP contribution in [0.2, 0.25) is 0 Å². The van der Waals surface area contributed by atoms with Crippen molar-refractivity contribution in [2.45, 2.75) is 30.8 Å². The van der Waals surface area contributed by atoms with Crippen LogP contribution in [-0.2, 0) is 5.60 Å². The molecule has 5 nitrogen and oxygen atoms in total. The summed E-state index contributed by atoms with van der Waals surface area (Å²) in [4.78, 5) is 7.29. The summed E-state index contributed by atoms with van der Waals surface area (Å²) < 4.78 is 12.4. The number of hydrogen-bond donors (Lipinski definition) is 1. The molecule has 210 valence electrons. The molecule has 2 aromatic heterocycles. The van der Waals surface area contributed by atoms with E-state index in [2.05, 4.69) is 61.5 Å². The zero-order valence-electron chi connectivity index (χ0n) is 24.0. The smallest absolute Gasteiger partial charge is 0.223 e. The fourth-order valence-corrected chi connectivity index (χ4v) is 6.41. The van der Waals surface area contributed by atoms with E-state index in [4.69, 9.17) is 14.1 Å². The fourth-order valence-electron chi connectivity index (χ4n) is 6.41. The summed E-state index contributed by atoms with van der Waals surface area (Å²) in [7, 11) is 4.18. The van der Waals surface area contributed by atoms with E-state index in [1.807, 2.05) is 60.7 Å². The fraction of sp³-hybridized carbons (Fsp3) is 0.216. The Morgan fingerprint density at radius 2 is 1.67 bits per heavy atom. The van der Waals surface area contributed by atoms with Crippen LogP contribution in [0, 0.1) is 0 Å². The van der Waals surface area contributed by atoms with E-state index in [1.165, 1.54) is 0 Å². The van der Waals surface area contributed by atoms with Gasteiger partial charge in [-0.1, -0.05) is 54.6 Å². The monoisotopic (exact) mass is 554 g/mol. The Bertz CT molecular complexity index is 1860. The first-order valence-corrected chi connectivity index (χ1v) is 14.6. The Labute approximate surface area is 246 Å². The van der Waals surface area contributed by atoms with Gasteiger partial charge in [-0.25, -0.2) is 4.98 Å². The van der Waals surface area contributed by atoms with Gasteiger partial charge in [0.15, 0.2) is 0 Å². The maximum Gasteiger partial charge on any atom is 0.223 e. The minimum absolute atomic E-state index is 0.397. The lowest BCUT2D eigenvalue weighted by atomic mass is 9.70. The van der Waals surface area contributed by atoms with Gasteiger partial charge in [0.05, 0.1) is 11.8 Å². The number of nitrogens with zero attached hydrogens (tertiary/aromatic N) is 2. The minimum atomic E-state index is -1.20. The molecule has 6 aromatic rings. The van der Waals surface area contributed by atoms with Crippen LogP contribution < -0.4 is 4.74 Å². The first-order chi connectivity index (χ1) is 20.5. The van der Waals surface area contributed by atoms with Gasteiger partial charge in [0, 0.05) is 27.8 Å². The number of hydrogen-bond acceptors (Lipinski definition) is 5. The maximum absolute atomic E-state index is 13.1. The number of unbranched alkanes of at least 4 members (excludes halogenated alkanes) is 1. The van der Waals surface area contributed by atoms with Crippen molar-refractivity contribution in [3.8, 4) is 23.0 Å². The number of ether oxygens (including phenoxy) is 1. The van der Waals surface area contributed by atoms with Crippen LogP contribution >= 0.6 is 0 Å². The quantitative estimate of drug-likeness (QED) is 0.201. The molecule has 2 atom stereocenters. The summed E-state index contributed by atoms with van der Waals surface area (Å²) in [6.07, 6.45) is 4.15. The Kier molecular flexibility index (Phi) is 6.77. The SMILES string of the molecule is CN(C)CCCCC1(O)c2cc(c3ccccc3c2)Oc2nc3ccc(-c4ccco4)cc3cc2C1c1ccccc1. The van der Waals surface area contributed by atoms with Gasteiger partial charge in [-0.05, 0) is 105 Å². The van der Waals surface area contributed by atoms with Crippen LogP contribution in [0.15, 0.2) is 114 Å². The zero-order valence-corrected chi connectivity index (χ0v) is 24.0. The number of benzene rings is 4. The number of furan rings is 1. The van der Waals surface area contributed by atoms with Crippen LogP contribution in [0.4, 0.5) is 0 Å². The summed E-state index contributed by atoms with van der Waals surface area (Å²) in [5, 5.41) is 16.1. The Morgan fingerprint density at radius 1 is 0.833 bits per heavy atom. The summed E-state index contributed by atoms with van der Waals surface area (Å²) in [5.74, 6) is 1.64. The normalized spacial score (nSPS) is 18.0. The van der Waals surface area contributed by atoms with Gasteiger partial charge in [-0.2, -0.15) is 0 Å². The third kappa shape index (κ3) is 4.75. The van der Waals surface area contributed by atoms with E-state index in [0.717, 1.165) is 69.1 Å². The average Bonchev–Trinajstić information content (AvgIpc) is 3.55. The average molecular weight is 555 g/mol. The van der Waals surface area contributed by atoms with Gasteiger partial charge in [0.25, 0.3) is 0 Å². The van der Waals surface area contributed by atoms with Crippen molar-refractivity contribution in [3.63, 3.8) is 0 Å². The number of pyridine rings is 1. The molecule has 0 saturated carbocycles. The third-order valence-electron chi connectivity index (χ3n) is 8.48. The summed E-state index contributed by atoms with van der Waals surface area (Å²) in [6.45, 7) is 0.969. The highest BCUT2D eigenvalue weighted by molar-refractivity contribution is 5.90. The standard InChI is InChI=1S/C37H34N2O3/c1-39(2)19-9-8-18-37(40)29-22-26-13-6-7-14-30(26)34(24-29)42-36-31(35(37)25-11-4-3-5-12-25)23-28-21-27(16-17-32(28)38-36)33-15-10-20-41-33/h3-7,10-17,20-24,35,40H,8-9,18-19H2,1-2H3. The Balaban J connectivity index is 1.48. The Hall–Kier alpha value is -4.45. The van der Waals surface area contributed by atoms with Crippen LogP contribution in [0.1, 0.15) is 41.9 Å². The van der Waals surface area contributed by atoms with Crippen molar-refractivity contribution in [1.82, 2.24) is 9.88 Å². The second-order valence-corrected chi connectivity index (χ2v) is 11.6. The summed E-state index contributed by atoms with van der Waals surface area (Å²) in [5.41, 5.74) is 3.37. The Morgan fingerprint density at radius 3 is 2.48 bits per heavy atom. The van der Waals surface area contributed by atoms with Crippen molar-refractivity contribution in [3.05, 3.63) is 126 Å². The first-order valence-electron chi connectivity index (χ1n) is 14.6. The van der Waals surface area contributed by atoms with Crippen LogP contribution in [-0.4, -0.2) is 35.6 Å². The summed E-state index contributed by atoms with van der Waals surface area (Å²) in [6, 6.07) is 34.8. The predicted octanol–water partition coefficient (Wildman–Crippen LogP) is 8.51. The predicted molar refractivity (Wildman–Crippen MR) is 168 cm³/mol. The van der Waals surface area contributed by atoms with Gasteiger partial charge in [0.1, 0.15) is 17.1 Å². The zero-order chi connectivity index (χ0) is 28.7. The lowest BCUT2D eigenvalue weighted by molar-refractivity contribution is 0.00610. The van der Waals surface area contributed by atoms with Crippen molar-refractivity contribution in [2.24, 2.45) is 0 Å². The van der Waals surface area contributed by atoms with Crippen LogP contribution in [0.25, 0.3) is 33.0 Å². The molecule has 1 aliphatic heterocycles. The van der Waals surface area contributed by atoms with Crippen molar-refractivity contribution >= 4 is 21.7 Å². The lowest BCUT2D eigenvalue weighted by Gasteiger charge is -2.40. The van der Waals surface area contributed by atoms with Crippen molar-refractivity contribution < 1.29 is 14.3 Å². The van der Waals surface area contributed by atoms with E-state index in [1.54, 1.807) is 6.26 Å². The highest BCUT2D eigenvalue weighted by atomic mass is 16.5. The van der Waals surface area contributed by atoms with Crippen LogP contribution in [0.5, 0.6) is 11.6 Å².